The molecule has 0 aromatic carbocycles. The summed E-state index contributed by atoms with van der Waals surface area (Å²) in [6.45, 7) is 6.51. The summed E-state index contributed by atoms with van der Waals surface area (Å²) in [5.74, 6) is -0.945. The van der Waals surface area contributed by atoms with Crippen molar-refractivity contribution in [3.05, 3.63) is 85.1 Å². The van der Waals surface area contributed by atoms with E-state index in [1.54, 1.807) is 0 Å². The molecule has 0 aliphatic rings. The predicted octanol–water partition coefficient (Wildman–Crippen LogP) is 18.0. The van der Waals surface area contributed by atoms with Crippen LogP contribution in [0.25, 0.3) is 0 Å². The average molecular weight is 905 g/mol. The molecular formula is C59H100O6. The van der Waals surface area contributed by atoms with E-state index in [0.29, 0.717) is 19.3 Å². The molecule has 0 saturated heterocycles. The summed E-state index contributed by atoms with van der Waals surface area (Å²) in [5, 5.41) is 0. The van der Waals surface area contributed by atoms with Gasteiger partial charge in [-0.05, 0) is 122 Å². The van der Waals surface area contributed by atoms with Gasteiger partial charge in [-0.3, -0.25) is 14.4 Å². The number of ether oxygens (including phenoxy) is 3. The molecule has 65 heavy (non-hydrogen) atoms. The molecule has 0 spiro atoms. The maximum Gasteiger partial charge on any atom is 0.306 e. The van der Waals surface area contributed by atoms with Crippen LogP contribution in [-0.2, 0) is 28.6 Å². The Bertz CT molecular complexity index is 1270. The molecule has 0 amide bonds. The van der Waals surface area contributed by atoms with E-state index in [2.05, 4.69) is 106 Å². The fourth-order valence-electron chi connectivity index (χ4n) is 7.21. The minimum atomic E-state index is -0.799. The molecule has 0 aliphatic carbocycles. The molecule has 0 unspecified atom stereocenters. The quantitative estimate of drug-likeness (QED) is 0.0262. The van der Waals surface area contributed by atoms with Gasteiger partial charge < -0.3 is 14.2 Å². The van der Waals surface area contributed by atoms with Crippen LogP contribution < -0.4 is 0 Å². The van der Waals surface area contributed by atoms with Gasteiger partial charge in [0.2, 0.25) is 0 Å². The first-order valence-electron chi connectivity index (χ1n) is 27.1. The number of hydrogen-bond acceptors (Lipinski definition) is 6. The molecule has 0 aromatic rings. The zero-order chi connectivity index (χ0) is 47.2. The predicted molar refractivity (Wildman–Crippen MR) is 279 cm³/mol. The van der Waals surface area contributed by atoms with Crippen molar-refractivity contribution < 1.29 is 28.6 Å². The van der Waals surface area contributed by atoms with Gasteiger partial charge in [-0.25, -0.2) is 0 Å². The Morgan fingerprint density at radius 1 is 0.308 bits per heavy atom. The number of unbranched alkanes of at least 4 members (excludes halogenated alkanes) is 23. The van der Waals surface area contributed by atoms with Crippen molar-refractivity contribution in [2.75, 3.05) is 13.2 Å². The van der Waals surface area contributed by atoms with Crippen LogP contribution in [0.3, 0.4) is 0 Å². The Labute approximate surface area is 401 Å². The second-order valence-corrected chi connectivity index (χ2v) is 17.8. The lowest BCUT2D eigenvalue weighted by molar-refractivity contribution is -0.167. The number of esters is 3. The fourth-order valence-corrected chi connectivity index (χ4v) is 7.21. The lowest BCUT2D eigenvalue weighted by atomic mass is 10.1. The molecule has 0 saturated carbocycles. The number of allylic oxidation sites excluding steroid dienone is 14. The van der Waals surface area contributed by atoms with Gasteiger partial charge in [-0.2, -0.15) is 0 Å². The van der Waals surface area contributed by atoms with Crippen molar-refractivity contribution in [2.24, 2.45) is 0 Å². The molecule has 0 fully saturated rings. The Morgan fingerprint density at radius 2 is 0.554 bits per heavy atom. The first-order chi connectivity index (χ1) is 32.0. The maximum atomic E-state index is 12.8. The standard InChI is InChI=1S/C59H100O6/c1-4-7-10-13-16-19-22-25-28-29-32-34-37-40-43-46-49-52-58(61)64-55-56(65-59(62)53-50-47-44-41-38-35-31-27-24-21-18-15-12-9-6-3)54-63-57(60)51-48-45-42-39-36-33-30-26-23-20-17-14-11-8-5-2/h16-21,25-28,30-32,34,56H,4-15,22-24,29,33,35-55H2,1-3H3/b19-16-,20-17-,21-18-,28-25-,30-26-,31-27-,34-32-/t56-/m1/s1. The molecule has 0 aliphatic heterocycles. The van der Waals surface area contributed by atoms with Crippen LogP contribution in [0.15, 0.2) is 85.1 Å². The molecule has 372 valence electrons. The lowest BCUT2D eigenvalue weighted by Gasteiger charge is -2.18. The molecule has 6 nitrogen and oxygen atoms in total. The Balaban J connectivity index is 4.48. The van der Waals surface area contributed by atoms with E-state index in [-0.39, 0.29) is 31.1 Å². The van der Waals surface area contributed by atoms with Crippen LogP contribution in [0.2, 0.25) is 0 Å². The van der Waals surface area contributed by atoms with Crippen LogP contribution in [0.5, 0.6) is 0 Å². The highest BCUT2D eigenvalue weighted by Gasteiger charge is 2.19. The zero-order valence-corrected chi connectivity index (χ0v) is 42.5. The second kappa shape index (κ2) is 53.2. The molecule has 1 atom stereocenters. The molecule has 0 rings (SSSR count). The van der Waals surface area contributed by atoms with Crippen LogP contribution in [-0.4, -0.2) is 37.2 Å². The highest BCUT2D eigenvalue weighted by atomic mass is 16.6. The highest BCUT2D eigenvalue weighted by Crippen LogP contribution is 2.13. The van der Waals surface area contributed by atoms with Gasteiger partial charge in [0.1, 0.15) is 13.2 Å². The monoisotopic (exact) mass is 905 g/mol. The first kappa shape index (κ1) is 61.6. The third-order valence-corrected chi connectivity index (χ3v) is 11.3. The van der Waals surface area contributed by atoms with Gasteiger partial charge in [0.05, 0.1) is 0 Å². The first-order valence-corrected chi connectivity index (χ1v) is 27.1. The van der Waals surface area contributed by atoms with Gasteiger partial charge in [0.25, 0.3) is 0 Å². The summed E-state index contributed by atoms with van der Waals surface area (Å²) < 4.78 is 16.8. The molecule has 0 N–H and O–H groups in total. The van der Waals surface area contributed by atoms with E-state index in [9.17, 15) is 14.4 Å². The van der Waals surface area contributed by atoms with E-state index in [0.717, 1.165) is 135 Å². The van der Waals surface area contributed by atoms with Crippen molar-refractivity contribution in [1.29, 1.82) is 0 Å². The summed E-state index contributed by atoms with van der Waals surface area (Å²) in [6, 6.07) is 0. The largest absolute Gasteiger partial charge is 0.462 e. The highest BCUT2D eigenvalue weighted by molar-refractivity contribution is 5.71. The summed E-state index contributed by atoms with van der Waals surface area (Å²) in [4.78, 5) is 38.1. The Morgan fingerprint density at radius 3 is 0.862 bits per heavy atom. The van der Waals surface area contributed by atoms with Crippen molar-refractivity contribution in [3.63, 3.8) is 0 Å². The number of hydrogen-bond donors (Lipinski definition) is 0. The van der Waals surface area contributed by atoms with Gasteiger partial charge >= 0.3 is 17.9 Å². The van der Waals surface area contributed by atoms with Crippen molar-refractivity contribution in [2.45, 2.75) is 258 Å². The van der Waals surface area contributed by atoms with Crippen molar-refractivity contribution in [1.82, 2.24) is 0 Å². The summed E-state index contributed by atoms with van der Waals surface area (Å²) in [6.07, 6.45) is 68.4. The zero-order valence-electron chi connectivity index (χ0n) is 42.5. The molecule has 0 bridgehead atoms. The van der Waals surface area contributed by atoms with Gasteiger partial charge in [0, 0.05) is 19.3 Å². The van der Waals surface area contributed by atoms with E-state index in [4.69, 9.17) is 14.2 Å². The third kappa shape index (κ3) is 51.4. The maximum absolute atomic E-state index is 12.8. The van der Waals surface area contributed by atoms with E-state index < -0.39 is 6.10 Å². The van der Waals surface area contributed by atoms with Gasteiger partial charge in [-0.15, -0.1) is 0 Å². The Hall–Kier alpha value is -3.41. The third-order valence-electron chi connectivity index (χ3n) is 11.3. The smallest absolute Gasteiger partial charge is 0.306 e. The molecular weight excluding hydrogens is 805 g/mol. The number of carbonyl (C=O) groups excluding carboxylic acids is 3. The summed E-state index contributed by atoms with van der Waals surface area (Å²) >= 11 is 0. The average Bonchev–Trinajstić information content (AvgIpc) is 3.30. The minimum absolute atomic E-state index is 0.0975. The van der Waals surface area contributed by atoms with E-state index in [1.165, 1.54) is 77.0 Å². The second-order valence-electron chi connectivity index (χ2n) is 17.8. The molecule has 0 aromatic heterocycles. The van der Waals surface area contributed by atoms with Crippen LogP contribution in [0.4, 0.5) is 0 Å². The van der Waals surface area contributed by atoms with Gasteiger partial charge in [-0.1, -0.05) is 196 Å². The number of carbonyl (C=O) groups is 3. The van der Waals surface area contributed by atoms with Crippen molar-refractivity contribution in [3.8, 4) is 0 Å². The van der Waals surface area contributed by atoms with Crippen molar-refractivity contribution >= 4 is 17.9 Å². The summed E-state index contributed by atoms with van der Waals surface area (Å²) in [5.41, 5.74) is 0. The van der Waals surface area contributed by atoms with Crippen LogP contribution in [0.1, 0.15) is 252 Å². The Kier molecular flexibility index (Phi) is 50.4. The lowest BCUT2D eigenvalue weighted by Crippen LogP contribution is -2.30. The topological polar surface area (TPSA) is 78.9 Å². The minimum Gasteiger partial charge on any atom is -0.462 e. The number of rotatable bonds is 48. The summed E-state index contributed by atoms with van der Waals surface area (Å²) in [7, 11) is 0. The van der Waals surface area contributed by atoms with E-state index >= 15 is 0 Å². The van der Waals surface area contributed by atoms with Gasteiger partial charge in [0.15, 0.2) is 6.10 Å². The van der Waals surface area contributed by atoms with Crippen LogP contribution in [0, 0.1) is 0 Å². The van der Waals surface area contributed by atoms with E-state index in [1.807, 2.05) is 0 Å². The van der Waals surface area contributed by atoms with Crippen LogP contribution >= 0.6 is 0 Å². The molecule has 0 radical (unpaired) electrons. The normalized spacial score (nSPS) is 12.7. The SMILES string of the molecule is CCCCC/C=C\C/C=C\C/C=C\CCCCCCC(=O)OC[C@@H](COC(=O)CCCCCCC/C=C\C/C=C\CCCCC)OC(=O)CCCCCCC/C=C\C/C=C\CCCCC. The molecule has 0 heterocycles. The molecule has 6 heteroatoms. The fraction of sp³-hybridized carbons (Fsp3) is 0.712.